The number of halogens is 1. The van der Waals surface area contributed by atoms with Crippen molar-refractivity contribution in [3.63, 3.8) is 0 Å². The molecule has 0 unspecified atom stereocenters. The molecular formula is C21H23ClN4O2S. The second kappa shape index (κ2) is 8.26. The maximum Gasteiger partial charge on any atom is 0.240 e. The summed E-state index contributed by atoms with van der Waals surface area (Å²) in [5.41, 5.74) is 5.36. The fourth-order valence-corrected chi connectivity index (χ4v) is 5.00. The van der Waals surface area contributed by atoms with Crippen molar-refractivity contribution in [2.75, 3.05) is 6.54 Å². The molecule has 0 amide bonds. The van der Waals surface area contributed by atoms with E-state index in [-0.39, 0.29) is 11.4 Å². The van der Waals surface area contributed by atoms with E-state index in [2.05, 4.69) is 9.71 Å². The normalized spacial score (nSPS) is 14.0. The van der Waals surface area contributed by atoms with Crippen LogP contribution in [-0.2, 0) is 29.4 Å². The molecule has 3 aromatic rings. The Morgan fingerprint density at radius 1 is 1.14 bits per heavy atom. The first kappa shape index (κ1) is 20.1. The van der Waals surface area contributed by atoms with Gasteiger partial charge in [-0.05, 0) is 62.4 Å². The summed E-state index contributed by atoms with van der Waals surface area (Å²) in [6.07, 6.45) is 7.78. The number of hydrogen-bond donors (Lipinski definition) is 1. The van der Waals surface area contributed by atoms with Crippen LogP contribution in [0.15, 0.2) is 47.6 Å². The molecule has 1 aliphatic carbocycles. The van der Waals surface area contributed by atoms with Crippen molar-refractivity contribution in [3.8, 4) is 11.3 Å². The van der Waals surface area contributed by atoms with Crippen molar-refractivity contribution in [1.29, 1.82) is 0 Å². The molecule has 1 N–H and O–H groups in total. The molecule has 152 valence electrons. The van der Waals surface area contributed by atoms with Gasteiger partial charge in [-0.25, -0.2) is 13.1 Å². The summed E-state index contributed by atoms with van der Waals surface area (Å²) in [6.45, 7) is 2.58. The third-order valence-electron chi connectivity index (χ3n) is 5.28. The van der Waals surface area contributed by atoms with Crippen LogP contribution in [0.4, 0.5) is 0 Å². The van der Waals surface area contributed by atoms with Crippen LogP contribution < -0.4 is 4.72 Å². The zero-order valence-electron chi connectivity index (χ0n) is 16.2. The van der Waals surface area contributed by atoms with Crippen molar-refractivity contribution in [3.05, 3.63) is 64.6 Å². The second-order valence-corrected chi connectivity index (χ2v) is 9.42. The molecule has 1 aromatic carbocycles. The standard InChI is InChI=1S/C21H23ClN4O2S/c1-15-6-7-17(14-19(15)22)29(27,28)24-12-13-26-20-5-3-2-4-18(20)21(25-26)16-8-10-23-11-9-16/h6-11,14,24H,2-5,12-13H2,1H3. The first-order chi connectivity index (χ1) is 14.0. The summed E-state index contributed by atoms with van der Waals surface area (Å²) in [5.74, 6) is 0. The van der Waals surface area contributed by atoms with Crippen LogP contribution >= 0.6 is 11.6 Å². The van der Waals surface area contributed by atoms with Crippen molar-refractivity contribution in [2.24, 2.45) is 0 Å². The smallest absolute Gasteiger partial charge is 0.240 e. The van der Waals surface area contributed by atoms with E-state index in [4.69, 9.17) is 16.7 Å². The zero-order chi connectivity index (χ0) is 20.4. The van der Waals surface area contributed by atoms with Gasteiger partial charge >= 0.3 is 0 Å². The number of fused-ring (bicyclic) bond motifs is 1. The number of rotatable bonds is 6. The average molecular weight is 431 g/mol. The molecule has 2 heterocycles. The first-order valence-corrected chi connectivity index (χ1v) is 11.6. The van der Waals surface area contributed by atoms with Crippen LogP contribution in [0.1, 0.15) is 29.7 Å². The minimum Gasteiger partial charge on any atom is -0.267 e. The van der Waals surface area contributed by atoms with E-state index in [0.717, 1.165) is 42.5 Å². The lowest BCUT2D eigenvalue weighted by Crippen LogP contribution is -2.28. The fraction of sp³-hybridized carbons (Fsp3) is 0.333. The number of nitrogens with one attached hydrogen (secondary N) is 1. The highest BCUT2D eigenvalue weighted by Crippen LogP contribution is 2.31. The minimum atomic E-state index is -3.62. The molecular weight excluding hydrogens is 408 g/mol. The maximum atomic E-state index is 12.6. The number of benzene rings is 1. The van der Waals surface area contributed by atoms with Gasteiger partial charge in [0.1, 0.15) is 0 Å². The summed E-state index contributed by atoms with van der Waals surface area (Å²) in [4.78, 5) is 4.26. The topological polar surface area (TPSA) is 76.9 Å². The summed E-state index contributed by atoms with van der Waals surface area (Å²) < 4.78 is 29.8. The largest absolute Gasteiger partial charge is 0.267 e. The molecule has 0 radical (unpaired) electrons. The number of nitrogens with zero attached hydrogens (tertiary/aromatic N) is 3. The molecule has 2 aromatic heterocycles. The zero-order valence-corrected chi connectivity index (χ0v) is 17.8. The SMILES string of the molecule is Cc1ccc(S(=O)(=O)NCCn2nc(-c3ccncc3)c3c2CCCC3)cc1Cl. The Kier molecular flexibility index (Phi) is 5.72. The lowest BCUT2D eigenvalue weighted by atomic mass is 9.94. The van der Waals surface area contributed by atoms with Crippen LogP contribution in [0.25, 0.3) is 11.3 Å². The molecule has 1 aliphatic rings. The van der Waals surface area contributed by atoms with Gasteiger partial charge in [-0.1, -0.05) is 17.7 Å². The molecule has 0 aliphatic heterocycles. The van der Waals surface area contributed by atoms with Gasteiger partial charge in [0.15, 0.2) is 0 Å². The van der Waals surface area contributed by atoms with Gasteiger partial charge < -0.3 is 0 Å². The Morgan fingerprint density at radius 2 is 1.90 bits per heavy atom. The van der Waals surface area contributed by atoms with E-state index in [9.17, 15) is 8.42 Å². The van der Waals surface area contributed by atoms with Crippen LogP contribution in [-0.4, -0.2) is 29.7 Å². The Hall–Kier alpha value is -2.22. The summed E-state index contributed by atoms with van der Waals surface area (Å²) >= 11 is 6.08. The monoisotopic (exact) mass is 430 g/mol. The van der Waals surface area contributed by atoms with Crippen LogP contribution in [0.3, 0.4) is 0 Å². The number of aromatic nitrogens is 3. The van der Waals surface area contributed by atoms with Crippen molar-refractivity contribution >= 4 is 21.6 Å². The first-order valence-electron chi connectivity index (χ1n) is 9.70. The molecule has 0 bridgehead atoms. The van der Waals surface area contributed by atoms with Crippen molar-refractivity contribution in [2.45, 2.75) is 44.0 Å². The number of pyridine rings is 1. The van der Waals surface area contributed by atoms with E-state index in [0.29, 0.717) is 11.6 Å². The molecule has 8 heteroatoms. The van der Waals surface area contributed by atoms with Gasteiger partial charge in [0.2, 0.25) is 10.0 Å². The van der Waals surface area contributed by atoms with E-state index >= 15 is 0 Å². The van der Waals surface area contributed by atoms with Crippen LogP contribution in [0, 0.1) is 6.92 Å². The molecule has 0 saturated heterocycles. The predicted octanol–water partition coefficient (Wildman–Crippen LogP) is 3.76. The van der Waals surface area contributed by atoms with Crippen LogP contribution in [0.2, 0.25) is 5.02 Å². The predicted molar refractivity (Wildman–Crippen MR) is 113 cm³/mol. The molecule has 0 fully saturated rings. The molecule has 6 nitrogen and oxygen atoms in total. The van der Waals surface area contributed by atoms with Crippen LogP contribution in [0.5, 0.6) is 0 Å². The molecule has 0 saturated carbocycles. The highest BCUT2D eigenvalue weighted by atomic mass is 35.5. The third-order valence-corrected chi connectivity index (χ3v) is 7.15. The van der Waals surface area contributed by atoms with E-state index < -0.39 is 10.0 Å². The number of hydrogen-bond acceptors (Lipinski definition) is 4. The maximum absolute atomic E-state index is 12.6. The second-order valence-electron chi connectivity index (χ2n) is 7.25. The Bertz CT molecular complexity index is 1130. The Balaban J connectivity index is 1.53. The lowest BCUT2D eigenvalue weighted by Gasteiger charge is -2.14. The average Bonchev–Trinajstić information content (AvgIpc) is 3.09. The van der Waals surface area contributed by atoms with Gasteiger partial charge in [-0.15, -0.1) is 0 Å². The molecule has 0 atom stereocenters. The van der Waals surface area contributed by atoms with Gasteiger partial charge in [0.25, 0.3) is 0 Å². The van der Waals surface area contributed by atoms with Gasteiger partial charge in [-0.2, -0.15) is 5.10 Å². The number of sulfonamides is 1. The van der Waals surface area contributed by atoms with Gasteiger partial charge in [-0.3, -0.25) is 9.67 Å². The minimum absolute atomic E-state index is 0.174. The summed E-state index contributed by atoms with van der Waals surface area (Å²) in [7, 11) is -3.62. The van der Waals surface area contributed by atoms with Crippen molar-refractivity contribution < 1.29 is 8.42 Å². The highest BCUT2D eigenvalue weighted by molar-refractivity contribution is 7.89. The fourth-order valence-electron chi connectivity index (χ4n) is 3.71. The summed E-state index contributed by atoms with van der Waals surface area (Å²) in [6, 6.07) is 8.69. The van der Waals surface area contributed by atoms with E-state index in [1.807, 2.05) is 23.7 Å². The van der Waals surface area contributed by atoms with Gasteiger partial charge in [0, 0.05) is 40.8 Å². The molecule has 0 spiro atoms. The molecule has 29 heavy (non-hydrogen) atoms. The van der Waals surface area contributed by atoms with Gasteiger partial charge in [0.05, 0.1) is 17.1 Å². The number of aryl methyl sites for hydroxylation is 1. The molecule has 4 rings (SSSR count). The van der Waals surface area contributed by atoms with E-state index in [1.54, 1.807) is 24.5 Å². The van der Waals surface area contributed by atoms with Crippen molar-refractivity contribution in [1.82, 2.24) is 19.5 Å². The quantitative estimate of drug-likeness (QED) is 0.645. The highest BCUT2D eigenvalue weighted by Gasteiger charge is 2.22. The Morgan fingerprint density at radius 3 is 2.66 bits per heavy atom. The lowest BCUT2D eigenvalue weighted by molar-refractivity contribution is 0.539. The summed E-state index contributed by atoms with van der Waals surface area (Å²) in [5, 5.41) is 5.25. The Labute approximate surface area is 176 Å². The van der Waals surface area contributed by atoms with E-state index in [1.165, 1.54) is 17.3 Å². The third kappa shape index (κ3) is 4.22.